The molecular weight excluding hydrogens is 431 g/mol. The first-order valence-corrected chi connectivity index (χ1v) is 8.41. The van der Waals surface area contributed by atoms with E-state index < -0.39 is 5.91 Å². The van der Waals surface area contributed by atoms with Gasteiger partial charge in [0.1, 0.15) is 0 Å². The molecule has 0 saturated heterocycles. The van der Waals surface area contributed by atoms with Gasteiger partial charge >= 0.3 is 0 Å². The number of halogens is 1. The molecule has 1 fully saturated rings. The maximum absolute atomic E-state index is 11.2. The Hall–Kier alpha value is -1.35. The number of nitrogens with one attached hydrogen (secondary N) is 2. The average Bonchev–Trinajstić information content (AvgIpc) is 2.56. The van der Waals surface area contributed by atoms with Gasteiger partial charge in [-0.05, 0) is 42.4 Å². The summed E-state index contributed by atoms with van der Waals surface area (Å²) in [6.07, 6.45) is 4.84. The summed E-state index contributed by atoms with van der Waals surface area (Å²) >= 11 is 0. The number of primary amides is 1. The highest BCUT2D eigenvalue weighted by Crippen LogP contribution is 2.43. The SMILES string of the molecule is CN=C(NCc1cccc(C(N)=O)c1)NCC1(CCOC)CCC1.I. The van der Waals surface area contributed by atoms with Crippen LogP contribution in [0.3, 0.4) is 0 Å². The van der Waals surface area contributed by atoms with Gasteiger partial charge in [0.25, 0.3) is 0 Å². The Kier molecular flexibility index (Phi) is 9.20. The highest BCUT2D eigenvalue weighted by molar-refractivity contribution is 14.0. The van der Waals surface area contributed by atoms with Crippen molar-refractivity contribution in [2.75, 3.05) is 27.3 Å². The summed E-state index contributed by atoms with van der Waals surface area (Å²) in [7, 11) is 3.51. The van der Waals surface area contributed by atoms with Crippen LogP contribution in [0.5, 0.6) is 0 Å². The molecule has 140 valence electrons. The molecule has 1 aliphatic carbocycles. The minimum atomic E-state index is -0.413. The third-order valence-corrected chi connectivity index (χ3v) is 4.78. The van der Waals surface area contributed by atoms with Crippen LogP contribution in [0.1, 0.15) is 41.6 Å². The summed E-state index contributed by atoms with van der Waals surface area (Å²) < 4.78 is 5.23. The standard InChI is InChI=1S/C18H28N4O2.HI/c1-20-17(22-13-18(7-4-8-18)9-10-24-2)21-12-14-5-3-6-15(11-14)16(19)23;/h3,5-6,11H,4,7-10,12-13H2,1-2H3,(H2,19,23)(H2,20,21,22);1H. The molecule has 0 aromatic heterocycles. The first-order valence-electron chi connectivity index (χ1n) is 8.41. The van der Waals surface area contributed by atoms with Crippen molar-refractivity contribution in [2.45, 2.75) is 32.2 Å². The Labute approximate surface area is 167 Å². The van der Waals surface area contributed by atoms with Crippen LogP contribution < -0.4 is 16.4 Å². The zero-order valence-corrected chi connectivity index (χ0v) is 17.3. The number of carbonyl (C=O) groups is 1. The van der Waals surface area contributed by atoms with E-state index in [2.05, 4.69) is 15.6 Å². The van der Waals surface area contributed by atoms with Crippen LogP contribution >= 0.6 is 24.0 Å². The van der Waals surface area contributed by atoms with Crippen LogP contribution in [0.4, 0.5) is 0 Å². The monoisotopic (exact) mass is 460 g/mol. The van der Waals surface area contributed by atoms with E-state index in [-0.39, 0.29) is 24.0 Å². The topological polar surface area (TPSA) is 88.7 Å². The molecule has 1 amide bonds. The first-order chi connectivity index (χ1) is 11.6. The van der Waals surface area contributed by atoms with Crippen LogP contribution in [0.15, 0.2) is 29.3 Å². The Balaban J connectivity index is 0.00000312. The number of amides is 1. The highest BCUT2D eigenvalue weighted by Gasteiger charge is 2.36. The molecule has 25 heavy (non-hydrogen) atoms. The van der Waals surface area contributed by atoms with E-state index in [0.717, 1.165) is 31.1 Å². The average molecular weight is 460 g/mol. The van der Waals surface area contributed by atoms with Gasteiger partial charge in [-0.25, -0.2) is 0 Å². The second-order valence-corrected chi connectivity index (χ2v) is 6.44. The predicted octanol–water partition coefficient (Wildman–Crippen LogP) is 2.28. The molecule has 1 saturated carbocycles. The van der Waals surface area contributed by atoms with Gasteiger partial charge in [0.05, 0.1) is 0 Å². The molecule has 1 aromatic rings. The molecule has 0 aliphatic heterocycles. The molecule has 1 aromatic carbocycles. The van der Waals surface area contributed by atoms with E-state index >= 15 is 0 Å². The maximum Gasteiger partial charge on any atom is 0.248 e. The fourth-order valence-electron chi connectivity index (χ4n) is 3.02. The Morgan fingerprint density at radius 1 is 1.36 bits per heavy atom. The van der Waals surface area contributed by atoms with Crippen LogP contribution in [0, 0.1) is 5.41 Å². The highest BCUT2D eigenvalue weighted by atomic mass is 127. The second kappa shape index (κ2) is 10.6. The number of rotatable bonds is 8. The lowest BCUT2D eigenvalue weighted by atomic mass is 9.67. The lowest BCUT2D eigenvalue weighted by molar-refractivity contribution is 0.0732. The third kappa shape index (κ3) is 6.47. The molecule has 1 aliphatic rings. The quantitative estimate of drug-likeness (QED) is 0.316. The Bertz CT molecular complexity index is 588. The van der Waals surface area contributed by atoms with E-state index in [4.69, 9.17) is 10.5 Å². The van der Waals surface area contributed by atoms with Gasteiger partial charge in [0, 0.05) is 39.4 Å². The molecule has 0 atom stereocenters. The van der Waals surface area contributed by atoms with E-state index in [1.54, 1.807) is 26.3 Å². The van der Waals surface area contributed by atoms with Crippen LogP contribution in [0.2, 0.25) is 0 Å². The minimum absolute atomic E-state index is 0. The number of hydrogen-bond acceptors (Lipinski definition) is 3. The summed E-state index contributed by atoms with van der Waals surface area (Å²) in [6, 6.07) is 7.31. The van der Waals surface area contributed by atoms with Crippen molar-refractivity contribution in [3.05, 3.63) is 35.4 Å². The molecule has 0 spiro atoms. The summed E-state index contributed by atoms with van der Waals surface area (Å²) in [5, 5.41) is 6.70. The van der Waals surface area contributed by atoms with Crippen LogP contribution in [-0.2, 0) is 11.3 Å². The molecule has 0 unspecified atom stereocenters. The van der Waals surface area contributed by atoms with Gasteiger partial charge in [0.15, 0.2) is 5.96 Å². The number of guanidine groups is 1. The summed E-state index contributed by atoms with van der Waals surface area (Å²) in [6.45, 7) is 2.29. The summed E-state index contributed by atoms with van der Waals surface area (Å²) in [4.78, 5) is 15.5. The van der Waals surface area contributed by atoms with E-state index in [1.165, 1.54) is 19.3 Å². The van der Waals surface area contributed by atoms with Gasteiger partial charge < -0.3 is 21.1 Å². The zero-order chi connectivity index (χ0) is 17.4. The second-order valence-electron chi connectivity index (χ2n) is 6.44. The molecule has 0 bridgehead atoms. The number of aliphatic imine (C=N–C) groups is 1. The zero-order valence-electron chi connectivity index (χ0n) is 15.0. The Morgan fingerprint density at radius 2 is 2.12 bits per heavy atom. The number of nitrogens with zero attached hydrogens (tertiary/aromatic N) is 1. The fourth-order valence-corrected chi connectivity index (χ4v) is 3.02. The molecule has 2 rings (SSSR count). The van der Waals surface area contributed by atoms with Crippen molar-refractivity contribution >= 4 is 35.8 Å². The first kappa shape index (κ1) is 21.7. The number of ether oxygens (including phenoxy) is 1. The maximum atomic E-state index is 11.2. The van der Waals surface area contributed by atoms with Crippen LogP contribution in [0.25, 0.3) is 0 Å². The largest absolute Gasteiger partial charge is 0.385 e. The van der Waals surface area contributed by atoms with Crippen molar-refractivity contribution in [3.8, 4) is 0 Å². The molecular formula is C18H29IN4O2. The van der Waals surface area contributed by atoms with E-state index in [1.807, 2.05) is 12.1 Å². The molecule has 0 heterocycles. The number of benzene rings is 1. The molecule has 4 N–H and O–H groups in total. The number of methoxy groups -OCH3 is 1. The molecule has 0 radical (unpaired) electrons. The number of hydrogen-bond donors (Lipinski definition) is 3. The smallest absolute Gasteiger partial charge is 0.248 e. The lowest BCUT2D eigenvalue weighted by Crippen LogP contribution is -2.46. The van der Waals surface area contributed by atoms with Gasteiger partial charge in [0.2, 0.25) is 5.91 Å². The molecule has 6 nitrogen and oxygen atoms in total. The normalized spacial score (nSPS) is 15.7. The summed E-state index contributed by atoms with van der Waals surface area (Å²) in [5.74, 6) is 0.354. The number of nitrogens with two attached hydrogens (primary N) is 1. The van der Waals surface area contributed by atoms with Crippen molar-refractivity contribution < 1.29 is 9.53 Å². The van der Waals surface area contributed by atoms with Crippen molar-refractivity contribution in [1.82, 2.24) is 10.6 Å². The van der Waals surface area contributed by atoms with E-state index in [0.29, 0.717) is 17.5 Å². The van der Waals surface area contributed by atoms with Gasteiger partial charge in [-0.15, -0.1) is 24.0 Å². The summed E-state index contributed by atoms with van der Waals surface area (Å²) in [5.41, 5.74) is 7.16. The third-order valence-electron chi connectivity index (χ3n) is 4.78. The van der Waals surface area contributed by atoms with Gasteiger partial charge in [-0.3, -0.25) is 9.79 Å². The van der Waals surface area contributed by atoms with Crippen molar-refractivity contribution in [1.29, 1.82) is 0 Å². The van der Waals surface area contributed by atoms with E-state index in [9.17, 15) is 4.79 Å². The van der Waals surface area contributed by atoms with Gasteiger partial charge in [-0.1, -0.05) is 18.6 Å². The van der Waals surface area contributed by atoms with Crippen molar-refractivity contribution in [2.24, 2.45) is 16.1 Å². The fraction of sp³-hybridized carbons (Fsp3) is 0.556. The minimum Gasteiger partial charge on any atom is -0.385 e. The van der Waals surface area contributed by atoms with Gasteiger partial charge in [-0.2, -0.15) is 0 Å². The number of carbonyl (C=O) groups excluding carboxylic acids is 1. The predicted molar refractivity (Wildman–Crippen MR) is 111 cm³/mol. The van der Waals surface area contributed by atoms with Crippen LogP contribution in [-0.4, -0.2) is 39.2 Å². The van der Waals surface area contributed by atoms with Crippen molar-refractivity contribution in [3.63, 3.8) is 0 Å². The Morgan fingerprint density at radius 3 is 2.68 bits per heavy atom. The molecule has 7 heteroatoms. The lowest BCUT2D eigenvalue weighted by Gasteiger charge is -2.42.